The fourth-order valence-corrected chi connectivity index (χ4v) is 2.40. The van der Waals surface area contributed by atoms with Crippen molar-refractivity contribution in [3.05, 3.63) is 47.0 Å². The van der Waals surface area contributed by atoms with Crippen LogP contribution in [0.2, 0.25) is 0 Å². The number of anilines is 1. The lowest BCUT2D eigenvalue weighted by Crippen LogP contribution is -2.22. The summed E-state index contributed by atoms with van der Waals surface area (Å²) in [4.78, 5) is 4.40. The monoisotopic (exact) mass is 343 g/mol. The summed E-state index contributed by atoms with van der Waals surface area (Å²) in [6, 6.07) is 9.63. The third kappa shape index (κ3) is 4.56. The quantitative estimate of drug-likeness (QED) is 0.622. The van der Waals surface area contributed by atoms with Crippen LogP contribution in [0.25, 0.3) is 0 Å². The molecular weight excluding hydrogens is 318 g/mol. The van der Waals surface area contributed by atoms with Crippen LogP contribution in [0.15, 0.2) is 35.3 Å². The maximum Gasteiger partial charge on any atom is 0.193 e. The molecule has 0 atom stereocenters. The minimum absolute atomic E-state index is 0.319. The summed E-state index contributed by atoms with van der Waals surface area (Å²) in [5.41, 5.74) is 10.1. The van der Waals surface area contributed by atoms with Gasteiger partial charge in [-0.15, -0.1) is 0 Å². The van der Waals surface area contributed by atoms with Gasteiger partial charge in [-0.05, 0) is 37.1 Å². The third-order valence-electron chi connectivity index (χ3n) is 4.00. The number of guanidine groups is 1. The van der Waals surface area contributed by atoms with E-state index in [1.54, 1.807) is 33.5 Å². The number of aryl methyl sites for hydroxylation is 2. The van der Waals surface area contributed by atoms with Crippen LogP contribution in [-0.4, -0.2) is 27.3 Å². The lowest BCUT2D eigenvalue weighted by Gasteiger charge is -2.14. The molecule has 0 saturated heterocycles. The van der Waals surface area contributed by atoms with Crippen molar-refractivity contribution < 1.29 is 14.2 Å². The predicted octanol–water partition coefficient (Wildman–Crippen LogP) is 3.26. The van der Waals surface area contributed by atoms with Crippen molar-refractivity contribution in [3.8, 4) is 17.2 Å². The summed E-state index contributed by atoms with van der Waals surface area (Å²) < 4.78 is 16.1. The van der Waals surface area contributed by atoms with E-state index in [1.807, 2.05) is 18.2 Å². The number of aliphatic imine (C=N–C) groups is 1. The molecule has 0 aliphatic carbocycles. The van der Waals surface area contributed by atoms with Gasteiger partial charge in [0.1, 0.15) is 17.2 Å². The van der Waals surface area contributed by atoms with Crippen molar-refractivity contribution >= 4 is 11.6 Å². The molecule has 0 fully saturated rings. The molecular formula is C19H25N3O3. The van der Waals surface area contributed by atoms with Crippen LogP contribution in [0.3, 0.4) is 0 Å². The highest BCUT2D eigenvalue weighted by atomic mass is 16.5. The van der Waals surface area contributed by atoms with Gasteiger partial charge in [0, 0.05) is 17.8 Å². The highest BCUT2D eigenvalue weighted by molar-refractivity contribution is 5.92. The van der Waals surface area contributed by atoms with Crippen LogP contribution < -0.4 is 25.3 Å². The van der Waals surface area contributed by atoms with E-state index in [2.05, 4.69) is 24.2 Å². The summed E-state index contributed by atoms with van der Waals surface area (Å²) >= 11 is 0. The second kappa shape index (κ2) is 8.28. The first-order valence-electron chi connectivity index (χ1n) is 7.91. The number of nitrogens with two attached hydrogens (primary N) is 1. The molecule has 0 aliphatic heterocycles. The van der Waals surface area contributed by atoms with Gasteiger partial charge in [-0.3, -0.25) is 0 Å². The number of methoxy groups -OCH3 is 3. The van der Waals surface area contributed by atoms with E-state index in [9.17, 15) is 0 Å². The Balaban J connectivity index is 2.20. The Bertz CT molecular complexity index is 747. The van der Waals surface area contributed by atoms with Crippen molar-refractivity contribution in [3.63, 3.8) is 0 Å². The van der Waals surface area contributed by atoms with Crippen LogP contribution in [0.5, 0.6) is 17.2 Å². The van der Waals surface area contributed by atoms with Gasteiger partial charge >= 0.3 is 0 Å². The molecule has 6 heteroatoms. The molecule has 0 saturated carbocycles. The lowest BCUT2D eigenvalue weighted by molar-refractivity contribution is 0.369. The van der Waals surface area contributed by atoms with Crippen molar-refractivity contribution in [2.24, 2.45) is 10.7 Å². The number of ether oxygens (including phenoxy) is 3. The molecule has 0 heterocycles. The van der Waals surface area contributed by atoms with Gasteiger partial charge in [0.2, 0.25) is 0 Å². The fourth-order valence-electron chi connectivity index (χ4n) is 2.40. The molecule has 0 amide bonds. The molecule has 2 aromatic carbocycles. The van der Waals surface area contributed by atoms with Gasteiger partial charge < -0.3 is 25.3 Å². The van der Waals surface area contributed by atoms with Crippen molar-refractivity contribution in [2.45, 2.75) is 20.4 Å². The zero-order valence-electron chi connectivity index (χ0n) is 15.3. The highest BCUT2D eigenvalue weighted by Gasteiger charge is 2.13. The van der Waals surface area contributed by atoms with E-state index in [-0.39, 0.29) is 0 Å². The van der Waals surface area contributed by atoms with Crippen LogP contribution in [-0.2, 0) is 6.54 Å². The molecule has 25 heavy (non-hydrogen) atoms. The summed E-state index contributed by atoms with van der Waals surface area (Å²) in [7, 11) is 4.79. The summed E-state index contributed by atoms with van der Waals surface area (Å²) in [6.07, 6.45) is 0. The molecule has 0 aromatic heterocycles. The number of hydrogen-bond donors (Lipinski definition) is 2. The zero-order valence-corrected chi connectivity index (χ0v) is 15.3. The Morgan fingerprint density at radius 3 is 2.12 bits per heavy atom. The molecule has 2 rings (SSSR count). The van der Waals surface area contributed by atoms with E-state index in [1.165, 1.54) is 11.1 Å². The standard InChI is InChI=1S/C19H25N3O3/c1-12-6-7-14(8-13(12)2)22-19(20)21-11-16-17(24-4)9-15(23-3)10-18(16)25-5/h6-10H,11H2,1-5H3,(H3,20,21,22). The fraction of sp³-hybridized carbons (Fsp3) is 0.316. The minimum atomic E-state index is 0.319. The molecule has 0 radical (unpaired) electrons. The molecule has 0 spiro atoms. The Hall–Kier alpha value is -2.89. The first-order chi connectivity index (χ1) is 12.0. The number of rotatable bonds is 6. The Morgan fingerprint density at radius 1 is 0.960 bits per heavy atom. The molecule has 3 N–H and O–H groups in total. The smallest absolute Gasteiger partial charge is 0.193 e. The first-order valence-corrected chi connectivity index (χ1v) is 7.91. The van der Waals surface area contributed by atoms with Gasteiger partial charge in [-0.1, -0.05) is 6.07 Å². The van der Waals surface area contributed by atoms with E-state index in [4.69, 9.17) is 19.9 Å². The SMILES string of the molecule is COc1cc(OC)c(CN=C(N)Nc2ccc(C)c(C)c2)c(OC)c1. The van der Waals surface area contributed by atoms with Gasteiger partial charge in [0.05, 0.1) is 33.4 Å². The molecule has 0 unspecified atom stereocenters. The zero-order chi connectivity index (χ0) is 18.4. The van der Waals surface area contributed by atoms with Crippen molar-refractivity contribution in [1.29, 1.82) is 0 Å². The molecule has 0 aliphatic rings. The Labute approximate surface area is 148 Å². The van der Waals surface area contributed by atoms with Gasteiger partial charge in [-0.2, -0.15) is 0 Å². The predicted molar refractivity (Wildman–Crippen MR) is 101 cm³/mol. The number of benzene rings is 2. The van der Waals surface area contributed by atoms with Gasteiger partial charge in [0.15, 0.2) is 5.96 Å². The maximum atomic E-state index is 6.01. The van der Waals surface area contributed by atoms with Gasteiger partial charge in [-0.25, -0.2) is 4.99 Å². The van der Waals surface area contributed by atoms with Crippen LogP contribution in [0, 0.1) is 13.8 Å². The second-order valence-electron chi connectivity index (χ2n) is 5.64. The van der Waals surface area contributed by atoms with Crippen LogP contribution in [0.1, 0.15) is 16.7 Å². The molecule has 134 valence electrons. The van der Waals surface area contributed by atoms with Crippen LogP contribution >= 0.6 is 0 Å². The van der Waals surface area contributed by atoms with Crippen molar-refractivity contribution in [2.75, 3.05) is 26.6 Å². The third-order valence-corrected chi connectivity index (χ3v) is 4.00. The Morgan fingerprint density at radius 2 is 1.60 bits per heavy atom. The molecule has 0 bridgehead atoms. The summed E-state index contributed by atoms with van der Waals surface area (Å²) in [6.45, 7) is 4.44. The number of hydrogen-bond acceptors (Lipinski definition) is 4. The largest absolute Gasteiger partial charge is 0.496 e. The van der Waals surface area contributed by atoms with E-state index in [0.717, 1.165) is 11.3 Å². The number of nitrogens with one attached hydrogen (secondary N) is 1. The highest BCUT2D eigenvalue weighted by Crippen LogP contribution is 2.34. The maximum absolute atomic E-state index is 6.01. The number of nitrogens with zero attached hydrogens (tertiary/aromatic N) is 1. The topological polar surface area (TPSA) is 78.1 Å². The van der Waals surface area contributed by atoms with E-state index < -0.39 is 0 Å². The van der Waals surface area contributed by atoms with Gasteiger partial charge in [0.25, 0.3) is 0 Å². The molecule has 2 aromatic rings. The Kier molecular flexibility index (Phi) is 6.11. The molecule has 6 nitrogen and oxygen atoms in total. The summed E-state index contributed by atoms with van der Waals surface area (Å²) in [5, 5.41) is 3.10. The average molecular weight is 343 g/mol. The average Bonchev–Trinajstić information content (AvgIpc) is 2.62. The van der Waals surface area contributed by atoms with Crippen LogP contribution in [0.4, 0.5) is 5.69 Å². The minimum Gasteiger partial charge on any atom is -0.496 e. The van der Waals surface area contributed by atoms with E-state index >= 15 is 0 Å². The lowest BCUT2D eigenvalue weighted by atomic mass is 10.1. The second-order valence-corrected chi connectivity index (χ2v) is 5.64. The first kappa shape index (κ1) is 18.4. The van der Waals surface area contributed by atoms with E-state index in [0.29, 0.717) is 29.8 Å². The summed E-state index contributed by atoms with van der Waals surface area (Å²) in [5.74, 6) is 2.25. The van der Waals surface area contributed by atoms with Crippen molar-refractivity contribution in [1.82, 2.24) is 0 Å². The normalized spacial score (nSPS) is 11.2.